The van der Waals surface area contributed by atoms with Crippen molar-refractivity contribution in [1.82, 2.24) is 0 Å². The summed E-state index contributed by atoms with van der Waals surface area (Å²) in [5.41, 5.74) is 1.20. The maximum absolute atomic E-state index is 11.2. The van der Waals surface area contributed by atoms with Crippen molar-refractivity contribution in [2.45, 2.75) is 19.9 Å². The van der Waals surface area contributed by atoms with Gasteiger partial charge in [0, 0.05) is 16.3 Å². The number of hydrogen-bond acceptors (Lipinski definition) is 4. The maximum atomic E-state index is 11.2. The number of nitrogens with one attached hydrogen (secondary N) is 2. The second kappa shape index (κ2) is 6.68. The Balaban J connectivity index is 2.10. The molecule has 0 bridgehead atoms. The van der Waals surface area contributed by atoms with E-state index >= 15 is 0 Å². The van der Waals surface area contributed by atoms with Crippen LogP contribution in [0.1, 0.15) is 16.7 Å². The molecule has 0 aliphatic rings. The third kappa shape index (κ3) is 4.91. The molecule has 0 atom stereocenters. The average Bonchev–Trinajstić information content (AvgIpc) is 2.86. The first kappa shape index (κ1) is 16.1. The highest BCUT2D eigenvalue weighted by Crippen LogP contribution is 2.27. The Bertz CT molecular complexity index is 726. The molecule has 0 fully saturated rings. The molecule has 0 amide bonds. The summed E-state index contributed by atoms with van der Waals surface area (Å²) in [5.74, 6) is 0. The minimum Gasteiger partial charge on any atom is -0.379 e. The fourth-order valence-electron chi connectivity index (χ4n) is 1.83. The highest BCUT2D eigenvalue weighted by atomic mass is 35.5. The number of thiophene rings is 1. The molecule has 0 unspecified atom stereocenters. The van der Waals surface area contributed by atoms with Crippen LogP contribution in [0.3, 0.4) is 0 Å². The highest BCUT2D eigenvalue weighted by Gasteiger charge is 2.06. The SMILES string of the molecule is CCc1ccc(CNc2cc(NS(C)(=O)=O)ccc2Cl)s1. The van der Waals surface area contributed by atoms with Crippen LogP contribution in [0.25, 0.3) is 0 Å². The first-order chi connectivity index (χ1) is 9.87. The van der Waals surface area contributed by atoms with E-state index in [9.17, 15) is 8.42 Å². The first-order valence-electron chi connectivity index (χ1n) is 6.46. The van der Waals surface area contributed by atoms with Gasteiger partial charge >= 0.3 is 0 Å². The maximum Gasteiger partial charge on any atom is 0.229 e. The summed E-state index contributed by atoms with van der Waals surface area (Å²) in [6.07, 6.45) is 2.14. The van der Waals surface area contributed by atoms with Crippen LogP contribution in [0.15, 0.2) is 30.3 Å². The molecule has 0 radical (unpaired) electrons. The molecule has 4 nitrogen and oxygen atoms in total. The van der Waals surface area contributed by atoms with E-state index in [-0.39, 0.29) is 0 Å². The number of hydrogen-bond donors (Lipinski definition) is 2. The normalized spacial score (nSPS) is 11.4. The van der Waals surface area contributed by atoms with Gasteiger partial charge in [-0.2, -0.15) is 0 Å². The molecule has 2 rings (SSSR count). The molecule has 2 N–H and O–H groups in total. The highest BCUT2D eigenvalue weighted by molar-refractivity contribution is 7.92. The molecule has 0 saturated carbocycles. The van der Waals surface area contributed by atoms with E-state index in [1.54, 1.807) is 29.5 Å². The molecule has 2 aromatic rings. The lowest BCUT2D eigenvalue weighted by atomic mass is 10.3. The van der Waals surface area contributed by atoms with Crippen molar-refractivity contribution in [3.8, 4) is 0 Å². The molecule has 0 aliphatic carbocycles. The van der Waals surface area contributed by atoms with Gasteiger partial charge in [0.25, 0.3) is 0 Å². The van der Waals surface area contributed by atoms with Crippen LogP contribution in [0, 0.1) is 0 Å². The van der Waals surface area contributed by atoms with Gasteiger partial charge < -0.3 is 5.32 Å². The lowest BCUT2D eigenvalue weighted by Crippen LogP contribution is -2.09. The Morgan fingerprint density at radius 3 is 2.52 bits per heavy atom. The third-order valence-corrected chi connectivity index (χ3v) is 4.95. The second-order valence-electron chi connectivity index (χ2n) is 4.64. The Morgan fingerprint density at radius 1 is 1.19 bits per heavy atom. The van der Waals surface area contributed by atoms with E-state index in [2.05, 4.69) is 29.1 Å². The van der Waals surface area contributed by atoms with Crippen molar-refractivity contribution in [3.05, 3.63) is 45.1 Å². The molecular weight excluding hydrogens is 328 g/mol. The van der Waals surface area contributed by atoms with Crippen molar-refractivity contribution in [3.63, 3.8) is 0 Å². The van der Waals surface area contributed by atoms with Crippen LogP contribution in [-0.2, 0) is 23.0 Å². The molecule has 114 valence electrons. The third-order valence-electron chi connectivity index (χ3n) is 2.79. The molecule has 0 aliphatic heterocycles. The number of aryl methyl sites for hydroxylation is 1. The lowest BCUT2D eigenvalue weighted by Gasteiger charge is -2.10. The van der Waals surface area contributed by atoms with Gasteiger partial charge in [0.2, 0.25) is 10.0 Å². The summed E-state index contributed by atoms with van der Waals surface area (Å²) in [6, 6.07) is 9.20. The van der Waals surface area contributed by atoms with Crippen LogP contribution >= 0.6 is 22.9 Å². The Morgan fingerprint density at radius 2 is 1.90 bits per heavy atom. The lowest BCUT2D eigenvalue weighted by molar-refractivity contribution is 0.607. The average molecular weight is 345 g/mol. The minimum atomic E-state index is -3.29. The van der Waals surface area contributed by atoms with Crippen LogP contribution in [0.2, 0.25) is 5.02 Å². The summed E-state index contributed by atoms with van der Waals surface area (Å²) < 4.78 is 24.9. The Hall–Kier alpha value is -1.24. The Labute approximate surface area is 134 Å². The monoisotopic (exact) mass is 344 g/mol. The van der Waals surface area contributed by atoms with Gasteiger partial charge in [0.05, 0.1) is 22.7 Å². The van der Waals surface area contributed by atoms with Gasteiger partial charge in [-0.25, -0.2) is 8.42 Å². The van der Waals surface area contributed by atoms with Crippen molar-refractivity contribution >= 4 is 44.3 Å². The van der Waals surface area contributed by atoms with Crippen LogP contribution in [-0.4, -0.2) is 14.7 Å². The zero-order valence-electron chi connectivity index (χ0n) is 11.8. The zero-order chi connectivity index (χ0) is 15.5. The molecule has 0 spiro atoms. The van der Waals surface area contributed by atoms with E-state index in [0.29, 0.717) is 22.9 Å². The minimum absolute atomic E-state index is 0.491. The molecule has 1 aromatic carbocycles. The van der Waals surface area contributed by atoms with E-state index in [1.807, 2.05) is 0 Å². The summed E-state index contributed by atoms with van der Waals surface area (Å²) in [5, 5.41) is 3.79. The van der Waals surface area contributed by atoms with E-state index in [0.717, 1.165) is 12.7 Å². The predicted octanol–water partition coefficient (Wildman–Crippen LogP) is 3.95. The number of anilines is 2. The Kier molecular flexibility index (Phi) is 5.13. The molecule has 1 heterocycles. The van der Waals surface area contributed by atoms with E-state index in [1.165, 1.54) is 9.75 Å². The van der Waals surface area contributed by atoms with E-state index < -0.39 is 10.0 Å². The summed E-state index contributed by atoms with van der Waals surface area (Å²) >= 11 is 7.88. The first-order valence-corrected chi connectivity index (χ1v) is 9.55. The molecule has 0 saturated heterocycles. The fourth-order valence-corrected chi connectivity index (χ4v) is 3.47. The van der Waals surface area contributed by atoms with Gasteiger partial charge in [-0.15, -0.1) is 11.3 Å². The number of rotatable bonds is 6. The van der Waals surface area contributed by atoms with Gasteiger partial charge in [0.1, 0.15) is 0 Å². The standard InChI is InChI=1S/C14H17ClN2O2S2/c1-3-11-5-6-12(20-11)9-16-14-8-10(4-7-13(14)15)17-21(2,18)19/h4-8,16-17H,3,9H2,1-2H3. The van der Waals surface area contributed by atoms with Crippen LogP contribution in [0.5, 0.6) is 0 Å². The topological polar surface area (TPSA) is 58.2 Å². The zero-order valence-corrected chi connectivity index (χ0v) is 14.2. The summed E-state index contributed by atoms with van der Waals surface area (Å²) in [6.45, 7) is 2.78. The summed E-state index contributed by atoms with van der Waals surface area (Å²) in [4.78, 5) is 2.55. The quantitative estimate of drug-likeness (QED) is 0.834. The summed E-state index contributed by atoms with van der Waals surface area (Å²) in [7, 11) is -3.29. The van der Waals surface area contributed by atoms with Crippen molar-refractivity contribution in [2.24, 2.45) is 0 Å². The van der Waals surface area contributed by atoms with E-state index in [4.69, 9.17) is 11.6 Å². The van der Waals surface area contributed by atoms with Crippen LogP contribution < -0.4 is 10.0 Å². The largest absolute Gasteiger partial charge is 0.379 e. The van der Waals surface area contributed by atoms with Crippen molar-refractivity contribution in [2.75, 3.05) is 16.3 Å². The molecular formula is C14H17ClN2O2S2. The van der Waals surface area contributed by atoms with Gasteiger partial charge in [0.15, 0.2) is 0 Å². The molecule has 1 aromatic heterocycles. The molecule has 21 heavy (non-hydrogen) atoms. The number of halogens is 1. The molecule has 7 heteroatoms. The van der Waals surface area contributed by atoms with Crippen molar-refractivity contribution in [1.29, 1.82) is 0 Å². The number of benzene rings is 1. The van der Waals surface area contributed by atoms with Gasteiger partial charge in [-0.3, -0.25) is 4.72 Å². The second-order valence-corrected chi connectivity index (χ2v) is 8.05. The number of sulfonamides is 1. The van der Waals surface area contributed by atoms with Crippen molar-refractivity contribution < 1.29 is 8.42 Å². The van der Waals surface area contributed by atoms with Gasteiger partial charge in [-0.1, -0.05) is 18.5 Å². The van der Waals surface area contributed by atoms with Gasteiger partial charge in [-0.05, 0) is 36.8 Å². The van der Waals surface area contributed by atoms with Crippen LogP contribution in [0.4, 0.5) is 11.4 Å². The predicted molar refractivity (Wildman–Crippen MR) is 90.9 cm³/mol. The smallest absolute Gasteiger partial charge is 0.229 e. The fraction of sp³-hybridized carbons (Fsp3) is 0.286.